The van der Waals surface area contributed by atoms with Crippen LogP contribution in [-0.4, -0.2) is 39.5 Å². The first-order valence-electron chi connectivity index (χ1n) is 8.45. The van der Waals surface area contributed by atoms with Crippen LogP contribution in [0.25, 0.3) is 0 Å². The number of hydrogen-bond acceptors (Lipinski definition) is 4. The molecule has 126 valence electrons. The first kappa shape index (κ1) is 15.7. The molecule has 4 nitrogen and oxygen atoms in total. The molecule has 0 amide bonds. The molecule has 0 aromatic heterocycles. The normalized spacial score (nSPS) is 23.9. The van der Waals surface area contributed by atoms with Gasteiger partial charge in [0.1, 0.15) is 0 Å². The Labute approximate surface area is 143 Å². The van der Waals surface area contributed by atoms with Crippen molar-refractivity contribution in [1.82, 2.24) is 4.90 Å². The van der Waals surface area contributed by atoms with Crippen molar-refractivity contribution in [3.05, 3.63) is 54.1 Å². The quantitative estimate of drug-likeness (QED) is 0.911. The van der Waals surface area contributed by atoms with Gasteiger partial charge in [-0.3, -0.25) is 0 Å². The second-order valence-electron chi connectivity index (χ2n) is 6.80. The van der Waals surface area contributed by atoms with Gasteiger partial charge in [0.25, 0.3) is 0 Å². The van der Waals surface area contributed by atoms with Crippen LogP contribution in [-0.2, 0) is 9.84 Å². The van der Waals surface area contributed by atoms with Gasteiger partial charge in [-0.25, -0.2) is 8.42 Å². The summed E-state index contributed by atoms with van der Waals surface area (Å²) in [6.45, 7) is 2.13. The van der Waals surface area contributed by atoms with E-state index < -0.39 is 9.84 Å². The maximum atomic E-state index is 12.9. The standard InChI is InChI=1S/C19H22N2O2S/c1-21-11-9-16-17-13-15(7-8-18(17)20-19(16)10-12-21)24(22,23)14-5-3-2-4-6-14/h2-8,13,16,19-20H,9-12H2,1H3/t16-,19?/m0/s1. The zero-order valence-electron chi connectivity index (χ0n) is 13.8. The van der Waals surface area contributed by atoms with Crippen LogP contribution in [0, 0.1) is 0 Å². The SMILES string of the molecule is CN1CCC2Nc3ccc(S(=O)(=O)c4ccccc4)cc3[C@@H]2CC1. The number of nitrogens with zero attached hydrogens (tertiary/aromatic N) is 1. The number of nitrogens with one attached hydrogen (secondary N) is 1. The van der Waals surface area contributed by atoms with Crippen molar-refractivity contribution in [3.8, 4) is 0 Å². The molecule has 4 rings (SSSR count). The van der Waals surface area contributed by atoms with Gasteiger partial charge in [0, 0.05) is 17.6 Å². The molecule has 0 saturated carbocycles. The van der Waals surface area contributed by atoms with E-state index >= 15 is 0 Å². The molecule has 0 spiro atoms. The van der Waals surface area contributed by atoms with Crippen molar-refractivity contribution < 1.29 is 8.42 Å². The summed E-state index contributed by atoms with van der Waals surface area (Å²) in [5.74, 6) is 0.399. The van der Waals surface area contributed by atoms with Gasteiger partial charge in [-0.2, -0.15) is 0 Å². The second-order valence-corrected chi connectivity index (χ2v) is 8.75. The average molecular weight is 342 g/mol. The molecule has 2 aromatic rings. The Balaban J connectivity index is 1.72. The Bertz CT molecular complexity index is 849. The van der Waals surface area contributed by atoms with Gasteiger partial charge in [-0.1, -0.05) is 18.2 Å². The minimum atomic E-state index is -3.46. The van der Waals surface area contributed by atoms with Crippen molar-refractivity contribution in [2.24, 2.45) is 0 Å². The molecule has 1 saturated heterocycles. The van der Waals surface area contributed by atoms with Gasteiger partial charge in [-0.15, -0.1) is 0 Å². The molecular weight excluding hydrogens is 320 g/mol. The van der Waals surface area contributed by atoms with Gasteiger partial charge in [0.2, 0.25) is 9.84 Å². The lowest BCUT2D eigenvalue weighted by Crippen LogP contribution is -2.22. The van der Waals surface area contributed by atoms with E-state index in [1.807, 2.05) is 18.2 Å². The van der Waals surface area contributed by atoms with Gasteiger partial charge in [0.05, 0.1) is 9.79 Å². The van der Waals surface area contributed by atoms with Crippen LogP contribution in [0.15, 0.2) is 58.3 Å². The molecule has 0 bridgehead atoms. The lowest BCUT2D eigenvalue weighted by Gasteiger charge is -2.16. The first-order valence-corrected chi connectivity index (χ1v) is 9.93. The average Bonchev–Trinajstić information content (AvgIpc) is 2.85. The fourth-order valence-corrected chi connectivity index (χ4v) is 5.18. The fourth-order valence-electron chi connectivity index (χ4n) is 3.86. The largest absolute Gasteiger partial charge is 0.381 e. The van der Waals surface area contributed by atoms with E-state index in [2.05, 4.69) is 17.3 Å². The Morgan fingerprint density at radius 3 is 2.54 bits per heavy atom. The smallest absolute Gasteiger partial charge is 0.206 e. The molecule has 0 radical (unpaired) electrons. The summed E-state index contributed by atoms with van der Waals surface area (Å²) in [5, 5.41) is 3.59. The lowest BCUT2D eigenvalue weighted by atomic mass is 9.91. The van der Waals surface area contributed by atoms with Crippen LogP contribution in [0.2, 0.25) is 0 Å². The maximum absolute atomic E-state index is 12.9. The van der Waals surface area contributed by atoms with E-state index in [9.17, 15) is 8.42 Å². The summed E-state index contributed by atoms with van der Waals surface area (Å²) in [4.78, 5) is 3.10. The third kappa shape index (κ3) is 2.62. The van der Waals surface area contributed by atoms with Crippen LogP contribution in [0.3, 0.4) is 0 Å². The van der Waals surface area contributed by atoms with Crippen LogP contribution < -0.4 is 5.32 Å². The molecule has 2 aromatic carbocycles. The third-order valence-corrected chi connectivity index (χ3v) is 7.02. The molecule has 2 heterocycles. The number of fused-ring (bicyclic) bond motifs is 3. The highest BCUT2D eigenvalue weighted by Crippen LogP contribution is 2.42. The molecule has 24 heavy (non-hydrogen) atoms. The zero-order chi connectivity index (χ0) is 16.7. The number of likely N-dealkylation sites (tertiary alicyclic amines) is 1. The molecule has 2 atom stereocenters. The monoisotopic (exact) mass is 342 g/mol. The van der Waals surface area contributed by atoms with E-state index in [4.69, 9.17) is 0 Å². The summed E-state index contributed by atoms with van der Waals surface area (Å²) < 4.78 is 25.8. The zero-order valence-corrected chi connectivity index (χ0v) is 14.6. The van der Waals surface area contributed by atoms with Gasteiger partial charge >= 0.3 is 0 Å². The summed E-state index contributed by atoms with van der Waals surface area (Å²) in [6.07, 6.45) is 2.16. The molecule has 1 N–H and O–H groups in total. The summed E-state index contributed by atoms with van der Waals surface area (Å²) in [6, 6.07) is 14.6. The van der Waals surface area contributed by atoms with E-state index in [0.29, 0.717) is 21.8 Å². The van der Waals surface area contributed by atoms with Crippen LogP contribution in [0.1, 0.15) is 24.3 Å². The van der Waals surface area contributed by atoms with Gasteiger partial charge < -0.3 is 10.2 Å². The molecule has 1 fully saturated rings. The molecule has 2 aliphatic heterocycles. The molecule has 1 unspecified atom stereocenters. The lowest BCUT2D eigenvalue weighted by molar-refractivity contribution is 0.346. The number of sulfone groups is 1. The van der Waals surface area contributed by atoms with Crippen molar-refractivity contribution in [1.29, 1.82) is 0 Å². The number of hydrogen-bond donors (Lipinski definition) is 1. The highest BCUT2D eigenvalue weighted by Gasteiger charge is 2.34. The van der Waals surface area contributed by atoms with Crippen molar-refractivity contribution in [3.63, 3.8) is 0 Å². The highest BCUT2D eigenvalue weighted by molar-refractivity contribution is 7.91. The van der Waals surface area contributed by atoms with Crippen LogP contribution >= 0.6 is 0 Å². The topological polar surface area (TPSA) is 49.4 Å². The Hall–Kier alpha value is -1.85. The number of anilines is 1. The fraction of sp³-hybridized carbons (Fsp3) is 0.368. The van der Waals surface area contributed by atoms with E-state index in [0.717, 1.165) is 37.2 Å². The van der Waals surface area contributed by atoms with Crippen LogP contribution in [0.5, 0.6) is 0 Å². The molecule has 5 heteroatoms. The maximum Gasteiger partial charge on any atom is 0.206 e. The minimum absolute atomic E-state index is 0.355. The first-order chi connectivity index (χ1) is 11.6. The second kappa shape index (κ2) is 5.90. The Morgan fingerprint density at radius 2 is 1.75 bits per heavy atom. The summed E-state index contributed by atoms with van der Waals surface area (Å²) in [5.41, 5.74) is 2.26. The van der Waals surface area contributed by atoms with Gasteiger partial charge in [-0.05, 0) is 68.9 Å². The summed E-state index contributed by atoms with van der Waals surface area (Å²) in [7, 11) is -1.31. The predicted octanol–water partition coefficient (Wildman–Crippen LogP) is 3.12. The third-order valence-electron chi connectivity index (χ3n) is 5.26. The Kier molecular flexibility index (Phi) is 3.85. The van der Waals surface area contributed by atoms with E-state index in [-0.39, 0.29) is 0 Å². The van der Waals surface area contributed by atoms with E-state index in [1.165, 1.54) is 0 Å². The predicted molar refractivity (Wildman–Crippen MR) is 95.2 cm³/mol. The number of rotatable bonds is 2. The molecular formula is C19H22N2O2S. The van der Waals surface area contributed by atoms with Crippen molar-refractivity contribution >= 4 is 15.5 Å². The molecule has 2 aliphatic rings. The highest BCUT2D eigenvalue weighted by atomic mass is 32.2. The number of benzene rings is 2. The minimum Gasteiger partial charge on any atom is -0.381 e. The van der Waals surface area contributed by atoms with E-state index in [1.54, 1.807) is 30.3 Å². The van der Waals surface area contributed by atoms with Gasteiger partial charge in [0.15, 0.2) is 0 Å². The Morgan fingerprint density at radius 1 is 1.00 bits per heavy atom. The van der Waals surface area contributed by atoms with Crippen molar-refractivity contribution in [2.75, 3.05) is 25.5 Å². The summed E-state index contributed by atoms with van der Waals surface area (Å²) >= 11 is 0. The van der Waals surface area contributed by atoms with Crippen molar-refractivity contribution in [2.45, 2.75) is 34.6 Å². The van der Waals surface area contributed by atoms with Crippen LogP contribution in [0.4, 0.5) is 5.69 Å². The molecule has 0 aliphatic carbocycles.